The number of aldehydes is 1. The minimum atomic E-state index is 0. The van der Waals surface area contributed by atoms with E-state index in [2.05, 4.69) is 15.8 Å². The number of hydrogen-bond acceptors (Lipinski definition) is 6. The molecule has 6 nitrogen and oxygen atoms in total. The molecule has 0 amide bonds. The van der Waals surface area contributed by atoms with Gasteiger partial charge in [0.05, 0.1) is 5.70 Å². The van der Waals surface area contributed by atoms with Crippen LogP contribution >= 0.6 is 24.8 Å². The van der Waals surface area contributed by atoms with Crippen molar-refractivity contribution in [1.82, 2.24) is 10.7 Å². The minimum absolute atomic E-state index is 0. The zero-order valence-electron chi connectivity index (χ0n) is 6.61. The number of nitrogens with zero attached hydrogens (tertiary/aromatic N) is 1. The van der Waals surface area contributed by atoms with Crippen LogP contribution in [0.3, 0.4) is 0 Å². The molecule has 8 heteroatoms. The molecule has 0 atom stereocenters. The van der Waals surface area contributed by atoms with Crippen LogP contribution in [0.2, 0.25) is 0 Å². The van der Waals surface area contributed by atoms with E-state index in [9.17, 15) is 4.79 Å². The summed E-state index contributed by atoms with van der Waals surface area (Å²) in [5.74, 6) is 0.157. The molecule has 1 aliphatic heterocycles. The average Bonchev–Trinajstić information content (AvgIpc) is 2.04. The largest absolute Gasteiger partial charge is 0.368 e. The molecule has 1 heterocycles. The Hall–Kier alpha value is -0.980. The number of carbonyl (C=O) groups excluding carboxylic acids is 1. The molecule has 76 valence electrons. The quantitative estimate of drug-likeness (QED) is 0.436. The van der Waals surface area contributed by atoms with E-state index in [1.807, 2.05) is 0 Å². The molecule has 0 unspecified atom stereocenters. The molecule has 6 N–H and O–H groups in total. The zero-order valence-corrected chi connectivity index (χ0v) is 8.24. The number of hydrogen-bond donors (Lipinski definition) is 4. The van der Waals surface area contributed by atoms with E-state index in [1.165, 1.54) is 0 Å². The van der Waals surface area contributed by atoms with Gasteiger partial charge in [0.25, 0.3) is 0 Å². The summed E-state index contributed by atoms with van der Waals surface area (Å²) in [5.41, 5.74) is 14.0. The van der Waals surface area contributed by atoms with E-state index < -0.39 is 0 Å². The molecule has 0 aromatic rings. The maximum Gasteiger partial charge on any atom is 0.216 e. The van der Waals surface area contributed by atoms with E-state index in [-0.39, 0.29) is 37.3 Å². The molecule has 0 saturated heterocycles. The second-order valence-electron chi connectivity index (χ2n) is 1.95. The van der Waals surface area contributed by atoms with Crippen molar-refractivity contribution < 1.29 is 4.79 Å². The zero-order chi connectivity index (χ0) is 8.27. The second kappa shape index (κ2) is 6.53. The van der Waals surface area contributed by atoms with E-state index in [0.29, 0.717) is 17.7 Å². The average molecular weight is 228 g/mol. The summed E-state index contributed by atoms with van der Waals surface area (Å²) in [6.45, 7) is 0.220. The molecule has 0 aromatic heterocycles. The van der Waals surface area contributed by atoms with E-state index in [1.54, 1.807) is 0 Å². The predicted octanol–water partition coefficient (Wildman–Crippen LogP) is -1.38. The molecule has 13 heavy (non-hydrogen) atoms. The fraction of sp³-hybridized carbons (Fsp3) is 0.200. The van der Waals surface area contributed by atoms with Gasteiger partial charge in [-0.05, 0) is 0 Å². The third-order valence-corrected chi connectivity index (χ3v) is 1.22. The highest BCUT2D eigenvalue weighted by Crippen LogP contribution is 1.96. The fourth-order valence-corrected chi connectivity index (χ4v) is 0.685. The maximum atomic E-state index is 10.3. The Morgan fingerprint density at radius 3 is 2.54 bits per heavy atom. The van der Waals surface area contributed by atoms with Gasteiger partial charge in [-0.2, -0.15) is 0 Å². The molecular formula is C5H11Cl2N5O. The van der Waals surface area contributed by atoms with Gasteiger partial charge in [0.2, 0.25) is 5.96 Å². The lowest BCUT2D eigenvalue weighted by molar-refractivity contribution is -0.105. The Morgan fingerprint density at radius 1 is 1.46 bits per heavy atom. The molecule has 0 saturated carbocycles. The van der Waals surface area contributed by atoms with Gasteiger partial charge in [-0.1, -0.05) is 0 Å². The summed E-state index contributed by atoms with van der Waals surface area (Å²) >= 11 is 0. The SMILES string of the molecule is Cl.Cl.NCC1=C(C=O)NC(N)=NN1. The molecular weight excluding hydrogens is 217 g/mol. The van der Waals surface area contributed by atoms with Crippen LogP contribution in [0.5, 0.6) is 0 Å². The van der Waals surface area contributed by atoms with Crippen LogP contribution in [0.25, 0.3) is 0 Å². The Morgan fingerprint density at radius 2 is 2.08 bits per heavy atom. The monoisotopic (exact) mass is 227 g/mol. The number of carbonyl (C=O) groups is 1. The minimum Gasteiger partial charge on any atom is -0.368 e. The van der Waals surface area contributed by atoms with Gasteiger partial charge in [0, 0.05) is 6.54 Å². The van der Waals surface area contributed by atoms with Crippen LogP contribution in [0.15, 0.2) is 16.5 Å². The highest BCUT2D eigenvalue weighted by Gasteiger charge is 2.09. The number of allylic oxidation sites excluding steroid dienone is 1. The summed E-state index contributed by atoms with van der Waals surface area (Å²) in [6, 6.07) is 0. The number of rotatable bonds is 2. The summed E-state index contributed by atoms with van der Waals surface area (Å²) in [5, 5.41) is 6.18. The number of halogens is 2. The lowest BCUT2D eigenvalue weighted by Gasteiger charge is -2.15. The number of guanidine groups is 1. The van der Waals surface area contributed by atoms with Gasteiger partial charge < -0.3 is 16.8 Å². The van der Waals surface area contributed by atoms with Gasteiger partial charge in [-0.3, -0.25) is 10.2 Å². The highest BCUT2D eigenvalue weighted by molar-refractivity contribution is 5.88. The standard InChI is InChI=1S/C5H9N5O.2ClH/c6-1-3-4(2-11)8-5(7)10-9-3;;/h2,9H,1,6H2,(H3,7,8,10);2*1H. The van der Waals surface area contributed by atoms with E-state index in [0.717, 1.165) is 0 Å². The predicted molar refractivity (Wildman–Crippen MR) is 54.5 cm³/mol. The lowest BCUT2D eigenvalue weighted by atomic mass is 10.3. The molecule has 1 rings (SSSR count). The van der Waals surface area contributed by atoms with Crippen LogP contribution in [0.4, 0.5) is 0 Å². The van der Waals surface area contributed by atoms with E-state index >= 15 is 0 Å². The van der Waals surface area contributed by atoms with Gasteiger partial charge in [-0.25, -0.2) is 0 Å². The second-order valence-corrected chi connectivity index (χ2v) is 1.95. The van der Waals surface area contributed by atoms with Gasteiger partial charge in [-0.15, -0.1) is 29.9 Å². The number of nitrogens with one attached hydrogen (secondary N) is 2. The molecule has 0 spiro atoms. The normalized spacial score (nSPS) is 14.1. The summed E-state index contributed by atoms with van der Waals surface area (Å²) in [4.78, 5) is 10.3. The Labute approximate surface area is 87.6 Å². The first kappa shape index (κ1) is 14.5. The summed E-state index contributed by atoms with van der Waals surface area (Å²) < 4.78 is 0. The Kier molecular flexibility index (Phi) is 7.30. The van der Waals surface area contributed by atoms with Crippen molar-refractivity contribution in [1.29, 1.82) is 0 Å². The molecule has 1 aliphatic rings. The van der Waals surface area contributed by atoms with Gasteiger partial charge in [0.1, 0.15) is 5.70 Å². The summed E-state index contributed by atoms with van der Waals surface area (Å²) in [6.07, 6.45) is 0.636. The fourth-order valence-electron chi connectivity index (χ4n) is 0.685. The van der Waals surface area contributed by atoms with Crippen LogP contribution in [-0.4, -0.2) is 18.8 Å². The van der Waals surface area contributed by atoms with Crippen molar-refractivity contribution in [3.63, 3.8) is 0 Å². The van der Waals surface area contributed by atoms with Crippen LogP contribution in [0, 0.1) is 0 Å². The van der Waals surface area contributed by atoms with Crippen molar-refractivity contribution in [2.45, 2.75) is 0 Å². The maximum absolute atomic E-state index is 10.3. The van der Waals surface area contributed by atoms with E-state index in [4.69, 9.17) is 11.5 Å². The van der Waals surface area contributed by atoms with Gasteiger partial charge in [0.15, 0.2) is 6.29 Å². The first-order chi connectivity index (χ1) is 5.27. The molecule has 0 fully saturated rings. The molecule has 0 aliphatic carbocycles. The van der Waals surface area contributed by atoms with Crippen molar-refractivity contribution in [3.05, 3.63) is 11.4 Å². The topological polar surface area (TPSA) is 106 Å². The van der Waals surface area contributed by atoms with Crippen LogP contribution in [-0.2, 0) is 4.79 Å². The molecule has 0 aromatic carbocycles. The Bertz CT molecular complexity index is 239. The first-order valence-electron chi connectivity index (χ1n) is 3.02. The van der Waals surface area contributed by atoms with Crippen molar-refractivity contribution >= 4 is 37.1 Å². The highest BCUT2D eigenvalue weighted by atomic mass is 35.5. The summed E-state index contributed by atoms with van der Waals surface area (Å²) in [7, 11) is 0. The molecule has 0 bridgehead atoms. The third-order valence-electron chi connectivity index (χ3n) is 1.22. The third kappa shape index (κ3) is 3.49. The van der Waals surface area contributed by atoms with Crippen LogP contribution < -0.4 is 22.2 Å². The lowest BCUT2D eigenvalue weighted by Crippen LogP contribution is -2.40. The van der Waals surface area contributed by atoms with Gasteiger partial charge >= 0.3 is 0 Å². The number of hydrazone groups is 1. The molecule has 0 radical (unpaired) electrons. The first-order valence-corrected chi connectivity index (χ1v) is 3.02. The smallest absolute Gasteiger partial charge is 0.216 e. The van der Waals surface area contributed by atoms with Crippen molar-refractivity contribution in [2.75, 3.05) is 6.54 Å². The van der Waals surface area contributed by atoms with Crippen molar-refractivity contribution in [3.8, 4) is 0 Å². The van der Waals surface area contributed by atoms with Crippen molar-refractivity contribution in [2.24, 2.45) is 16.6 Å². The Balaban J connectivity index is 0. The number of nitrogens with two attached hydrogens (primary N) is 2. The van der Waals surface area contributed by atoms with Crippen LogP contribution in [0.1, 0.15) is 0 Å².